The Kier molecular flexibility index (Phi) is 5.58. The number of nitrogens with one attached hydrogen (secondary N) is 1. The van der Waals surface area contributed by atoms with Crippen LogP contribution in [0, 0.1) is 11.3 Å². The maximum Gasteiger partial charge on any atom is 0.407 e. The number of benzene rings is 2. The molecule has 0 aromatic heterocycles. The van der Waals surface area contributed by atoms with Crippen molar-refractivity contribution in [2.75, 3.05) is 13.2 Å². The molecule has 0 radical (unpaired) electrons. The number of carboxylic acids is 1. The number of aliphatic carboxylic acids is 1. The van der Waals surface area contributed by atoms with Gasteiger partial charge in [-0.2, -0.15) is 0 Å². The van der Waals surface area contributed by atoms with Gasteiger partial charge < -0.3 is 20.1 Å². The van der Waals surface area contributed by atoms with E-state index in [4.69, 9.17) is 4.74 Å². The van der Waals surface area contributed by atoms with Gasteiger partial charge in [-0.15, -0.1) is 0 Å². The summed E-state index contributed by atoms with van der Waals surface area (Å²) < 4.78 is 5.65. The fourth-order valence-electron chi connectivity index (χ4n) is 6.03. The van der Waals surface area contributed by atoms with Crippen molar-refractivity contribution in [3.63, 3.8) is 0 Å². The van der Waals surface area contributed by atoms with Crippen LogP contribution in [0.15, 0.2) is 48.5 Å². The first kappa shape index (κ1) is 22.4. The molecule has 0 spiro atoms. The number of nitrogens with zero attached hydrogens (tertiary/aromatic N) is 1. The van der Waals surface area contributed by atoms with Crippen LogP contribution in [0.2, 0.25) is 0 Å². The zero-order valence-electron chi connectivity index (χ0n) is 19.5. The molecule has 1 saturated heterocycles. The normalized spacial score (nSPS) is 24.6. The second-order valence-electron chi connectivity index (χ2n) is 10.3. The number of fused-ring (bicyclic) bond motifs is 3. The third-order valence-electron chi connectivity index (χ3n) is 7.63. The maximum absolute atomic E-state index is 13.1. The van der Waals surface area contributed by atoms with Crippen LogP contribution in [0.4, 0.5) is 4.79 Å². The molecular weight excluding hydrogens is 432 g/mol. The van der Waals surface area contributed by atoms with Gasteiger partial charge in [0.2, 0.25) is 5.91 Å². The Balaban J connectivity index is 1.22. The summed E-state index contributed by atoms with van der Waals surface area (Å²) in [6.45, 7) is 4.34. The molecule has 3 unspecified atom stereocenters. The molecule has 34 heavy (non-hydrogen) atoms. The Morgan fingerprint density at radius 3 is 2.24 bits per heavy atom. The van der Waals surface area contributed by atoms with E-state index in [-0.39, 0.29) is 24.5 Å². The lowest BCUT2D eigenvalue weighted by Crippen LogP contribution is -2.68. The van der Waals surface area contributed by atoms with Gasteiger partial charge >= 0.3 is 12.1 Å². The van der Waals surface area contributed by atoms with E-state index < -0.39 is 29.4 Å². The van der Waals surface area contributed by atoms with Crippen molar-refractivity contribution in [1.82, 2.24) is 10.2 Å². The van der Waals surface area contributed by atoms with Crippen molar-refractivity contribution in [2.45, 2.75) is 51.1 Å². The number of carbonyl (C=O) groups is 3. The largest absolute Gasteiger partial charge is 0.480 e. The zero-order chi connectivity index (χ0) is 24.0. The molecule has 1 aliphatic heterocycles. The van der Waals surface area contributed by atoms with Gasteiger partial charge in [0.25, 0.3) is 0 Å². The number of carbonyl (C=O) groups excluding carboxylic acids is 2. The molecule has 1 heterocycles. The van der Waals surface area contributed by atoms with Crippen LogP contribution in [0.25, 0.3) is 11.1 Å². The van der Waals surface area contributed by atoms with E-state index in [1.807, 2.05) is 38.1 Å². The van der Waals surface area contributed by atoms with E-state index in [0.29, 0.717) is 19.4 Å². The third kappa shape index (κ3) is 3.73. The van der Waals surface area contributed by atoms with Gasteiger partial charge in [0.05, 0.1) is 5.92 Å². The maximum atomic E-state index is 13.1. The number of hydrogen-bond acceptors (Lipinski definition) is 4. The van der Waals surface area contributed by atoms with Crippen molar-refractivity contribution in [3.05, 3.63) is 59.7 Å². The monoisotopic (exact) mass is 462 g/mol. The summed E-state index contributed by atoms with van der Waals surface area (Å²) in [6, 6.07) is 15.2. The molecule has 3 aliphatic rings. The molecule has 2 aromatic rings. The summed E-state index contributed by atoms with van der Waals surface area (Å²) in [6.07, 6.45) is 1.58. The first-order valence-electron chi connectivity index (χ1n) is 11.9. The van der Waals surface area contributed by atoms with Gasteiger partial charge in [0.15, 0.2) is 0 Å². The van der Waals surface area contributed by atoms with Crippen LogP contribution in [0.3, 0.4) is 0 Å². The van der Waals surface area contributed by atoms with Crippen LogP contribution in [0.5, 0.6) is 0 Å². The molecule has 0 bridgehead atoms. The molecule has 2 aliphatic carbocycles. The molecule has 2 aromatic carbocycles. The quantitative estimate of drug-likeness (QED) is 0.700. The second-order valence-corrected chi connectivity index (χ2v) is 10.3. The molecule has 2 fully saturated rings. The Hall–Kier alpha value is -3.35. The van der Waals surface area contributed by atoms with Crippen molar-refractivity contribution < 1.29 is 24.2 Å². The summed E-state index contributed by atoms with van der Waals surface area (Å²) in [7, 11) is 0. The minimum atomic E-state index is -0.983. The topological polar surface area (TPSA) is 95.9 Å². The molecule has 5 rings (SSSR count). The van der Waals surface area contributed by atoms with Crippen LogP contribution < -0.4 is 5.32 Å². The predicted octanol–water partition coefficient (Wildman–Crippen LogP) is 4.02. The average molecular weight is 463 g/mol. The molecule has 2 amide bonds. The smallest absolute Gasteiger partial charge is 0.407 e. The summed E-state index contributed by atoms with van der Waals surface area (Å²) in [5.74, 6) is -1.62. The van der Waals surface area contributed by atoms with E-state index in [1.165, 1.54) is 16.0 Å². The first-order chi connectivity index (χ1) is 16.3. The Bertz CT molecular complexity index is 1100. The number of rotatable bonds is 5. The molecule has 1 saturated carbocycles. The molecule has 2 N–H and O–H groups in total. The average Bonchev–Trinajstić information content (AvgIpc) is 3.38. The van der Waals surface area contributed by atoms with E-state index >= 15 is 0 Å². The van der Waals surface area contributed by atoms with Crippen LogP contribution in [0.1, 0.15) is 50.2 Å². The third-order valence-corrected chi connectivity index (χ3v) is 7.63. The van der Waals surface area contributed by atoms with Crippen LogP contribution in [-0.2, 0) is 14.3 Å². The van der Waals surface area contributed by atoms with Crippen LogP contribution >= 0.6 is 0 Å². The fraction of sp³-hybridized carbons (Fsp3) is 0.444. The van der Waals surface area contributed by atoms with Gasteiger partial charge in [-0.1, -0.05) is 68.8 Å². The Morgan fingerprint density at radius 1 is 1.03 bits per heavy atom. The standard InChI is InChI=1S/C27H30N2O5/c1-27(2)15-29(23(27)25(31)32)24(30)20-12-7-13-22(20)28-26(33)34-14-21-18-10-5-3-8-16(18)17-9-4-6-11-19(17)21/h3-6,8-11,20-23H,7,12-15H2,1-2H3,(H,28,33)(H,31,32). The SMILES string of the molecule is CC1(C)CN(C(=O)C2CCCC2NC(=O)OCC2c3ccccc3-c3ccccc32)C1C(=O)O. The highest BCUT2D eigenvalue weighted by Crippen LogP contribution is 2.44. The number of amides is 2. The van der Waals surface area contributed by atoms with Gasteiger partial charge in [-0.25, -0.2) is 9.59 Å². The van der Waals surface area contributed by atoms with Gasteiger partial charge in [0, 0.05) is 23.9 Å². The van der Waals surface area contributed by atoms with E-state index in [1.54, 1.807) is 0 Å². The molecule has 7 heteroatoms. The Labute approximate surface area is 199 Å². The van der Waals surface area contributed by atoms with E-state index in [0.717, 1.165) is 17.5 Å². The number of hydrogen-bond donors (Lipinski definition) is 2. The number of carboxylic acid groups (broad SMARTS) is 1. The van der Waals surface area contributed by atoms with Crippen molar-refractivity contribution >= 4 is 18.0 Å². The van der Waals surface area contributed by atoms with Gasteiger partial charge in [-0.3, -0.25) is 4.79 Å². The van der Waals surface area contributed by atoms with Crippen molar-refractivity contribution in [2.24, 2.45) is 11.3 Å². The molecule has 7 nitrogen and oxygen atoms in total. The molecule has 178 valence electrons. The van der Waals surface area contributed by atoms with Gasteiger partial charge in [0.1, 0.15) is 12.6 Å². The summed E-state index contributed by atoms with van der Waals surface area (Å²) >= 11 is 0. The van der Waals surface area contributed by atoms with E-state index in [2.05, 4.69) is 29.6 Å². The molecular formula is C27H30N2O5. The first-order valence-corrected chi connectivity index (χ1v) is 11.9. The minimum absolute atomic E-state index is 0.0289. The number of likely N-dealkylation sites (tertiary alicyclic amines) is 1. The second kappa shape index (κ2) is 8.46. The van der Waals surface area contributed by atoms with Gasteiger partial charge in [-0.05, 0) is 35.1 Å². The number of ether oxygens (including phenoxy) is 1. The summed E-state index contributed by atoms with van der Waals surface area (Å²) in [5.41, 5.74) is 4.17. The number of alkyl carbamates (subject to hydrolysis) is 1. The highest BCUT2D eigenvalue weighted by Gasteiger charge is 2.54. The lowest BCUT2D eigenvalue weighted by atomic mass is 9.74. The summed E-state index contributed by atoms with van der Waals surface area (Å²) in [5, 5.41) is 12.5. The van der Waals surface area contributed by atoms with E-state index in [9.17, 15) is 19.5 Å². The fourth-order valence-corrected chi connectivity index (χ4v) is 6.03. The summed E-state index contributed by atoms with van der Waals surface area (Å²) in [4.78, 5) is 39.0. The Morgan fingerprint density at radius 2 is 1.65 bits per heavy atom. The lowest BCUT2D eigenvalue weighted by molar-refractivity contribution is -0.174. The zero-order valence-corrected chi connectivity index (χ0v) is 19.5. The minimum Gasteiger partial charge on any atom is -0.480 e. The van der Waals surface area contributed by atoms with Crippen molar-refractivity contribution in [3.8, 4) is 11.1 Å². The highest BCUT2D eigenvalue weighted by atomic mass is 16.5. The van der Waals surface area contributed by atoms with Crippen molar-refractivity contribution in [1.29, 1.82) is 0 Å². The predicted molar refractivity (Wildman–Crippen MR) is 126 cm³/mol. The molecule has 3 atom stereocenters. The lowest BCUT2D eigenvalue weighted by Gasteiger charge is -2.52. The highest BCUT2D eigenvalue weighted by molar-refractivity contribution is 5.88. The van der Waals surface area contributed by atoms with Crippen LogP contribution in [-0.4, -0.2) is 53.2 Å².